The summed E-state index contributed by atoms with van der Waals surface area (Å²) in [4.78, 5) is 10.9. The zero-order valence-corrected chi connectivity index (χ0v) is 13.2. The molecular formula is C16H19BNO4. The third-order valence-electron chi connectivity index (χ3n) is 3.96. The lowest BCUT2D eigenvalue weighted by Crippen LogP contribution is -2.09. The van der Waals surface area contributed by atoms with Crippen molar-refractivity contribution in [2.45, 2.75) is 34.3 Å². The Morgan fingerprint density at radius 1 is 1.36 bits per heavy atom. The Balaban J connectivity index is 2.65. The van der Waals surface area contributed by atoms with Crippen LogP contribution in [-0.4, -0.2) is 18.7 Å². The molecule has 1 radical (unpaired) electrons. The predicted octanol–water partition coefficient (Wildman–Crippen LogP) is 2.86. The number of aryl methyl sites for hydroxylation is 2. The summed E-state index contributed by atoms with van der Waals surface area (Å²) in [5, 5.41) is 9.91. The van der Waals surface area contributed by atoms with Crippen molar-refractivity contribution in [3.63, 3.8) is 0 Å². The second kappa shape index (κ2) is 6.38. The molecule has 1 heterocycles. The second-order valence-electron chi connectivity index (χ2n) is 5.31. The van der Waals surface area contributed by atoms with E-state index in [4.69, 9.17) is 19.8 Å². The quantitative estimate of drug-likeness (QED) is 0.655. The molecule has 0 saturated carbocycles. The Morgan fingerprint density at radius 3 is 2.64 bits per heavy atom. The second-order valence-corrected chi connectivity index (χ2v) is 5.31. The molecule has 0 fully saturated rings. The number of benzene rings is 1. The van der Waals surface area contributed by atoms with E-state index in [9.17, 15) is 4.79 Å². The molecule has 3 N–H and O–H groups in total. The fourth-order valence-electron chi connectivity index (χ4n) is 2.59. The fraction of sp³-hybridized carbons (Fsp3) is 0.312. The molecule has 0 saturated heterocycles. The number of hydrogen-bond donors (Lipinski definition) is 2. The van der Waals surface area contributed by atoms with Gasteiger partial charge in [0.1, 0.15) is 11.3 Å². The van der Waals surface area contributed by atoms with Gasteiger partial charge in [0, 0.05) is 17.0 Å². The SMILES string of the molecule is C/C(=C/C(=O)O)c1cc2c(C)c(CO[B]N)oc2c(C)c1C. The van der Waals surface area contributed by atoms with E-state index in [1.54, 1.807) is 6.92 Å². The third kappa shape index (κ3) is 2.93. The summed E-state index contributed by atoms with van der Waals surface area (Å²) in [5.41, 5.74) is 10.6. The zero-order valence-electron chi connectivity index (χ0n) is 13.2. The molecule has 2 aromatic rings. The van der Waals surface area contributed by atoms with Gasteiger partial charge in [-0.25, -0.2) is 4.79 Å². The predicted molar refractivity (Wildman–Crippen MR) is 86.4 cm³/mol. The number of carboxylic acid groups (broad SMARTS) is 1. The van der Waals surface area contributed by atoms with E-state index < -0.39 is 5.97 Å². The number of hydrogen-bond acceptors (Lipinski definition) is 4. The van der Waals surface area contributed by atoms with Crippen LogP contribution in [-0.2, 0) is 16.1 Å². The highest BCUT2D eigenvalue weighted by atomic mass is 16.4. The van der Waals surface area contributed by atoms with E-state index in [-0.39, 0.29) is 6.61 Å². The first kappa shape index (κ1) is 16.3. The smallest absolute Gasteiger partial charge is 0.393 e. The van der Waals surface area contributed by atoms with Gasteiger partial charge in [0.15, 0.2) is 0 Å². The Bertz CT molecular complexity index is 761. The van der Waals surface area contributed by atoms with Crippen LogP contribution < -0.4 is 5.64 Å². The lowest BCUT2D eigenvalue weighted by atomic mass is 9.94. The van der Waals surface area contributed by atoms with Crippen molar-refractivity contribution < 1.29 is 19.0 Å². The minimum absolute atomic E-state index is 0.273. The monoisotopic (exact) mass is 300 g/mol. The van der Waals surface area contributed by atoms with E-state index in [0.717, 1.165) is 46.6 Å². The van der Waals surface area contributed by atoms with Crippen LogP contribution in [0.4, 0.5) is 0 Å². The molecule has 0 spiro atoms. The Hall–Kier alpha value is -2.05. The van der Waals surface area contributed by atoms with Crippen molar-refractivity contribution in [2.75, 3.05) is 0 Å². The van der Waals surface area contributed by atoms with E-state index in [1.807, 2.05) is 26.8 Å². The Labute approximate surface area is 130 Å². The first-order valence-corrected chi connectivity index (χ1v) is 6.95. The Kier molecular flexibility index (Phi) is 4.73. The maximum Gasteiger partial charge on any atom is 0.393 e. The third-order valence-corrected chi connectivity index (χ3v) is 3.96. The highest BCUT2D eigenvalue weighted by Gasteiger charge is 2.17. The van der Waals surface area contributed by atoms with Crippen molar-refractivity contribution in [1.82, 2.24) is 0 Å². The standard InChI is InChI=1S/C16H19BNO4/c1-8(5-15(19)20)12-6-13-11(4)14(7-21-17-18)22-16(13)10(3)9(12)2/h5-6H,7,18H2,1-4H3,(H,19,20)/b8-5-. The summed E-state index contributed by atoms with van der Waals surface area (Å²) < 4.78 is 11.0. The van der Waals surface area contributed by atoms with Crippen molar-refractivity contribution in [3.8, 4) is 0 Å². The zero-order chi connectivity index (χ0) is 16.4. The van der Waals surface area contributed by atoms with Gasteiger partial charge in [-0.1, -0.05) is 0 Å². The summed E-state index contributed by atoms with van der Waals surface area (Å²) in [7, 11) is 1.13. The summed E-state index contributed by atoms with van der Waals surface area (Å²) in [6.45, 7) is 7.96. The average Bonchev–Trinajstić information content (AvgIpc) is 2.76. The van der Waals surface area contributed by atoms with Crippen molar-refractivity contribution in [1.29, 1.82) is 0 Å². The van der Waals surface area contributed by atoms with Gasteiger partial charge in [0.2, 0.25) is 0 Å². The van der Waals surface area contributed by atoms with Crippen LogP contribution in [0.5, 0.6) is 0 Å². The van der Waals surface area contributed by atoms with Gasteiger partial charge in [-0.15, -0.1) is 0 Å². The summed E-state index contributed by atoms with van der Waals surface area (Å²) in [5.74, 6) is -0.234. The molecule has 0 unspecified atom stereocenters. The van der Waals surface area contributed by atoms with Crippen LogP contribution in [0, 0.1) is 20.8 Å². The number of carbonyl (C=O) groups is 1. The number of rotatable bonds is 5. The van der Waals surface area contributed by atoms with Crippen LogP contribution in [0.3, 0.4) is 0 Å². The number of fused-ring (bicyclic) bond motifs is 1. The molecule has 0 amide bonds. The van der Waals surface area contributed by atoms with Crippen molar-refractivity contribution in [2.24, 2.45) is 5.64 Å². The molecule has 0 aliphatic carbocycles. The molecule has 0 aliphatic heterocycles. The van der Waals surface area contributed by atoms with Gasteiger partial charge >= 0.3 is 13.6 Å². The highest BCUT2D eigenvalue weighted by molar-refractivity contribution is 6.21. The largest absolute Gasteiger partial charge is 0.478 e. The van der Waals surface area contributed by atoms with Crippen LogP contribution in [0.1, 0.15) is 34.9 Å². The van der Waals surface area contributed by atoms with Crippen molar-refractivity contribution in [3.05, 3.63) is 40.2 Å². The van der Waals surface area contributed by atoms with Gasteiger partial charge < -0.3 is 19.8 Å². The molecule has 1 aromatic carbocycles. The first-order valence-electron chi connectivity index (χ1n) is 6.95. The lowest BCUT2D eigenvalue weighted by Gasteiger charge is -2.10. The number of aliphatic carboxylic acids is 1. The number of furan rings is 1. The summed E-state index contributed by atoms with van der Waals surface area (Å²) in [6, 6.07) is 1.97. The lowest BCUT2D eigenvalue weighted by molar-refractivity contribution is -0.131. The maximum absolute atomic E-state index is 10.9. The first-order chi connectivity index (χ1) is 10.4. The van der Waals surface area contributed by atoms with E-state index in [1.165, 1.54) is 6.08 Å². The topological polar surface area (TPSA) is 85.7 Å². The number of carboxylic acids is 1. The fourth-order valence-corrected chi connectivity index (χ4v) is 2.59. The molecule has 22 heavy (non-hydrogen) atoms. The van der Waals surface area contributed by atoms with Crippen LogP contribution in [0.25, 0.3) is 16.5 Å². The molecule has 0 bridgehead atoms. The average molecular weight is 300 g/mol. The van der Waals surface area contributed by atoms with E-state index in [0.29, 0.717) is 5.57 Å². The molecule has 115 valence electrons. The van der Waals surface area contributed by atoms with Crippen LogP contribution >= 0.6 is 0 Å². The molecule has 2 rings (SSSR count). The molecular weight excluding hydrogens is 281 g/mol. The van der Waals surface area contributed by atoms with Gasteiger partial charge in [-0.2, -0.15) is 0 Å². The minimum atomic E-state index is -0.953. The highest BCUT2D eigenvalue weighted by Crippen LogP contribution is 2.34. The minimum Gasteiger partial charge on any atom is -0.478 e. The van der Waals surface area contributed by atoms with Crippen LogP contribution in [0.2, 0.25) is 0 Å². The number of allylic oxidation sites excluding steroid dienone is 1. The summed E-state index contributed by atoms with van der Waals surface area (Å²) >= 11 is 0. The normalized spacial score (nSPS) is 12.0. The van der Waals surface area contributed by atoms with Gasteiger partial charge in [-0.3, -0.25) is 0 Å². The van der Waals surface area contributed by atoms with Gasteiger partial charge in [0.05, 0.1) is 6.61 Å². The van der Waals surface area contributed by atoms with E-state index in [2.05, 4.69) is 0 Å². The van der Waals surface area contributed by atoms with Gasteiger partial charge in [0.25, 0.3) is 0 Å². The van der Waals surface area contributed by atoms with Crippen LogP contribution in [0.15, 0.2) is 16.6 Å². The maximum atomic E-state index is 10.9. The molecule has 0 atom stereocenters. The Morgan fingerprint density at radius 2 is 2.05 bits per heavy atom. The number of nitrogens with two attached hydrogens (primary N) is 1. The van der Waals surface area contributed by atoms with E-state index >= 15 is 0 Å². The summed E-state index contributed by atoms with van der Waals surface area (Å²) in [6.07, 6.45) is 1.22. The molecule has 0 aliphatic rings. The molecule has 1 aromatic heterocycles. The molecule has 5 nitrogen and oxygen atoms in total. The molecule has 6 heteroatoms. The van der Waals surface area contributed by atoms with Crippen molar-refractivity contribution >= 4 is 30.1 Å². The van der Waals surface area contributed by atoms with Gasteiger partial charge in [-0.05, 0) is 56.0 Å².